The van der Waals surface area contributed by atoms with E-state index in [9.17, 15) is 14.4 Å². The van der Waals surface area contributed by atoms with E-state index in [1.165, 1.54) is 17.7 Å². The van der Waals surface area contributed by atoms with Crippen molar-refractivity contribution in [3.63, 3.8) is 0 Å². The quantitative estimate of drug-likeness (QED) is 0.265. The summed E-state index contributed by atoms with van der Waals surface area (Å²) in [5.74, 6) is -0.904. The van der Waals surface area contributed by atoms with Crippen LogP contribution < -0.4 is 19.7 Å². The van der Waals surface area contributed by atoms with Crippen LogP contribution in [0, 0.1) is 20.8 Å². The van der Waals surface area contributed by atoms with E-state index in [0.717, 1.165) is 21.6 Å². The van der Waals surface area contributed by atoms with Gasteiger partial charge in [-0.3, -0.25) is 14.9 Å². The van der Waals surface area contributed by atoms with Gasteiger partial charge in [0.1, 0.15) is 12.2 Å². The normalized spacial score (nSPS) is 14.6. The monoisotopic (exact) mass is 552 g/mol. The molecule has 1 saturated heterocycles. The minimum atomic E-state index is -0.861. The standard InChI is InChI=1S/C29H26Cl2N2O5/c1-5-37-25-13-20(12-24(31)26(25)38-15-19-8-6-16(2)18(4)10-19)11-22-27(34)32-29(36)33(28(22)35)21-9-7-17(3)23(30)14-21/h6-14H,5,15H2,1-4H3,(H,32,34,36)/b22-11+. The summed E-state index contributed by atoms with van der Waals surface area (Å²) in [4.78, 5) is 39.3. The Kier molecular flexibility index (Phi) is 8.09. The molecule has 0 bridgehead atoms. The van der Waals surface area contributed by atoms with Crippen LogP contribution in [0.25, 0.3) is 6.08 Å². The molecule has 1 fully saturated rings. The topological polar surface area (TPSA) is 84.9 Å². The van der Waals surface area contributed by atoms with Gasteiger partial charge in [0.15, 0.2) is 11.5 Å². The Bertz CT molecular complexity index is 1480. The number of imide groups is 2. The molecule has 3 aromatic rings. The summed E-state index contributed by atoms with van der Waals surface area (Å²) >= 11 is 12.8. The lowest BCUT2D eigenvalue weighted by atomic mass is 10.1. The van der Waals surface area contributed by atoms with Crippen LogP contribution >= 0.6 is 23.2 Å². The maximum absolute atomic E-state index is 13.3. The van der Waals surface area contributed by atoms with E-state index in [2.05, 4.69) is 5.32 Å². The first-order valence-corrected chi connectivity index (χ1v) is 12.7. The molecule has 4 amide bonds. The molecule has 0 spiro atoms. The summed E-state index contributed by atoms with van der Waals surface area (Å²) in [5, 5.41) is 2.83. The number of carbonyl (C=O) groups excluding carboxylic acids is 3. The number of halogens is 2. The number of nitrogens with one attached hydrogen (secondary N) is 1. The average molecular weight is 553 g/mol. The second kappa shape index (κ2) is 11.3. The molecule has 4 rings (SSSR count). The van der Waals surface area contributed by atoms with Crippen LogP contribution in [-0.2, 0) is 16.2 Å². The number of anilines is 1. The predicted molar refractivity (Wildman–Crippen MR) is 148 cm³/mol. The Balaban J connectivity index is 1.66. The van der Waals surface area contributed by atoms with Gasteiger partial charge in [0.25, 0.3) is 11.8 Å². The summed E-state index contributed by atoms with van der Waals surface area (Å²) in [5.41, 5.74) is 4.51. The maximum Gasteiger partial charge on any atom is 0.335 e. The lowest BCUT2D eigenvalue weighted by Crippen LogP contribution is -2.54. The Hall–Kier alpha value is -3.81. The molecular formula is C29H26Cl2N2O5. The summed E-state index contributed by atoms with van der Waals surface area (Å²) < 4.78 is 11.8. The van der Waals surface area contributed by atoms with Crippen molar-refractivity contribution in [3.05, 3.63) is 92.0 Å². The van der Waals surface area contributed by atoms with Gasteiger partial charge in [-0.25, -0.2) is 9.69 Å². The Morgan fingerprint density at radius 2 is 1.61 bits per heavy atom. The van der Waals surface area contributed by atoms with Gasteiger partial charge in [-0.15, -0.1) is 0 Å². The molecule has 1 heterocycles. The summed E-state index contributed by atoms with van der Waals surface area (Å²) in [6, 6.07) is 13.1. The van der Waals surface area contributed by atoms with Crippen LogP contribution in [0.5, 0.6) is 11.5 Å². The average Bonchev–Trinajstić information content (AvgIpc) is 2.85. The predicted octanol–water partition coefficient (Wildman–Crippen LogP) is 6.56. The lowest BCUT2D eigenvalue weighted by molar-refractivity contribution is -0.122. The number of barbiturate groups is 1. The molecule has 0 saturated carbocycles. The largest absolute Gasteiger partial charge is 0.490 e. The first-order valence-electron chi connectivity index (χ1n) is 11.9. The number of nitrogens with zero attached hydrogens (tertiary/aromatic N) is 1. The van der Waals surface area contributed by atoms with Crippen LogP contribution in [0.4, 0.5) is 10.5 Å². The first-order chi connectivity index (χ1) is 18.1. The molecule has 1 aliphatic heterocycles. The number of benzene rings is 3. The van der Waals surface area contributed by atoms with E-state index in [1.54, 1.807) is 31.2 Å². The van der Waals surface area contributed by atoms with Gasteiger partial charge in [-0.1, -0.05) is 47.5 Å². The zero-order valence-electron chi connectivity index (χ0n) is 21.4. The maximum atomic E-state index is 13.3. The molecule has 1 aliphatic rings. The van der Waals surface area contributed by atoms with E-state index in [0.29, 0.717) is 28.7 Å². The van der Waals surface area contributed by atoms with Crippen molar-refractivity contribution in [2.45, 2.75) is 34.3 Å². The van der Waals surface area contributed by atoms with Gasteiger partial charge in [-0.05, 0) is 85.9 Å². The molecule has 3 aromatic carbocycles. The van der Waals surface area contributed by atoms with Crippen molar-refractivity contribution in [2.75, 3.05) is 11.5 Å². The van der Waals surface area contributed by atoms with Gasteiger partial charge in [-0.2, -0.15) is 0 Å². The van der Waals surface area contributed by atoms with E-state index in [4.69, 9.17) is 32.7 Å². The summed E-state index contributed by atoms with van der Waals surface area (Å²) in [6.07, 6.45) is 1.36. The van der Waals surface area contributed by atoms with E-state index in [-0.39, 0.29) is 22.9 Å². The number of amides is 4. The number of urea groups is 1. The number of carbonyl (C=O) groups is 3. The smallest absolute Gasteiger partial charge is 0.335 e. The highest BCUT2D eigenvalue weighted by atomic mass is 35.5. The highest BCUT2D eigenvalue weighted by Gasteiger charge is 2.37. The van der Waals surface area contributed by atoms with Crippen LogP contribution in [0.15, 0.2) is 54.1 Å². The van der Waals surface area contributed by atoms with Gasteiger partial charge in [0.2, 0.25) is 0 Å². The van der Waals surface area contributed by atoms with Crippen molar-refractivity contribution in [3.8, 4) is 11.5 Å². The SMILES string of the molecule is CCOc1cc(/C=C2\C(=O)NC(=O)N(c3ccc(C)c(Cl)c3)C2=O)cc(Cl)c1OCc1ccc(C)c(C)c1. The van der Waals surface area contributed by atoms with Gasteiger partial charge >= 0.3 is 6.03 Å². The molecule has 7 nitrogen and oxygen atoms in total. The highest BCUT2D eigenvalue weighted by molar-refractivity contribution is 6.39. The van der Waals surface area contributed by atoms with Crippen LogP contribution in [0.1, 0.15) is 34.7 Å². The zero-order valence-corrected chi connectivity index (χ0v) is 22.9. The van der Waals surface area contributed by atoms with Crippen molar-refractivity contribution >= 4 is 52.8 Å². The fourth-order valence-corrected chi connectivity index (χ4v) is 4.35. The molecule has 1 N–H and O–H groups in total. The van der Waals surface area contributed by atoms with Crippen molar-refractivity contribution in [1.29, 1.82) is 0 Å². The Morgan fingerprint density at radius 1 is 0.868 bits per heavy atom. The number of hydrogen-bond acceptors (Lipinski definition) is 5. The van der Waals surface area contributed by atoms with Crippen LogP contribution in [0.2, 0.25) is 10.0 Å². The fourth-order valence-electron chi connectivity index (χ4n) is 3.90. The van der Waals surface area contributed by atoms with E-state index < -0.39 is 17.8 Å². The van der Waals surface area contributed by atoms with E-state index in [1.807, 2.05) is 39.0 Å². The highest BCUT2D eigenvalue weighted by Crippen LogP contribution is 2.38. The third-order valence-electron chi connectivity index (χ3n) is 6.11. The molecule has 0 aliphatic carbocycles. The van der Waals surface area contributed by atoms with Crippen LogP contribution in [-0.4, -0.2) is 24.5 Å². The molecule has 38 heavy (non-hydrogen) atoms. The van der Waals surface area contributed by atoms with Crippen molar-refractivity contribution < 1.29 is 23.9 Å². The molecule has 0 atom stereocenters. The van der Waals surface area contributed by atoms with Gasteiger partial charge in [0.05, 0.1) is 17.3 Å². The number of ether oxygens (including phenoxy) is 2. The summed E-state index contributed by atoms with van der Waals surface area (Å²) in [7, 11) is 0. The first kappa shape index (κ1) is 27.2. The molecule has 196 valence electrons. The van der Waals surface area contributed by atoms with Crippen LogP contribution in [0.3, 0.4) is 0 Å². The van der Waals surface area contributed by atoms with E-state index >= 15 is 0 Å². The summed E-state index contributed by atoms with van der Waals surface area (Å²) in [6.45, 7) is 8.31. The second-order valence-corrected chi connectivity index (χ2v) is 9.68. The third kappa shape index (κ3) is 5.69. The third-order valence-corrected chi connectivity index (χ3v) is 6.80. The zero-order chi connectivity index (χ0) is 27.6. The number of rotatable bonds is 7. The molecular weight excluding hydrogens is 527 g/mol. The second-order valence-electron chi connectivity index (χ2n) is 8.86. The fraction of sp³-hybridized carbons (Fsp3) is 0.207. The van der Waals surface area contributed by atoms with Crippen molar-refractivity contribution in [1.82, 2.24) is 5.32 Å². The van der Waals surface area contributed by atoms with Gasteiger partial charge in [0, 0.05) is 5.02 Å². The molecule has 0 aromatic heterocycles. The minimum absolute atomic E-state index is 0.240. The number of aryl methyl sites for hydroxylation is 3. The lowest BCUT2D eigenvalue weighted by Gasteiger charge is -2.26. The Morgan fingerprint density at radius 3 is 2.29 bits per heavy atom. The Labute approximate surface area is 230 Å². The number of hydrogen-bond donors (Lipinski definition) is 1. The molecule has 0 unspecified atom stereocenters. The minimum Gasteiger partial charge on any atom is -0.490 e. The van der Waals surface area contributed by atoms with Gasteiger partial charge < -0.3 is 9.47 Å². The van der Waals surface area contributed by atoms with Crippen molar-refractivity contribution in [2.24, 2.45) is 0 Å². The molecule has 0 radical (unpaired) electrons. The molecule has 9 heteroatoms.